The zero-order valence-electron chi connectivity index (χ0n) is 23.8. The van der Waals surface area contributed by atoms with E-state index in [0.717, 1.165) is 47.8 Å². The van der Waals surface area contributed by atoms with Gasteiger partial charge in [0.1, 0.15) is 18.1 Å². The highest BCUT2D eigenvalue weighted by molar-refractivity contribution is 7.14. The minimum atomic E-state index is -4.84. The van der Waals surface area contributed by atoms with Crippen LogP contribution in [0.3, 0.4) is 0 Å². The third kappa shape index (κ3) is 6.91. The van der Waals surface area contributed by atoms with E-state index in [9.17, 15) is 23.1 Å². The highest BCUT2D eigenvalue weighted by Gasteiger charge is 2.46. The first kappa shape index (κ1) is 29.7. The lowest BCUT2D eigenvalue weighted by molar-refractivity contribution is -0.275. The van der Waals surface area contributed by atoms with Gasteiger partial charge in [-0.25, -0.2) is 4.98 Å². The molecule has 0 amide bonds. The van der Waals surface area contributed by atoms with Gasteiger partial charge in [-0.2, -0.15) is 0 Å². The largest absolute Gasteiger partial charge is 0.573 e. The Morgan fingerprint density at radius 2 is 1.84 bits per heavy atom. The zero-order chi connectivity index (χ0) is 30.1. The summed E-state index contributed by atoms with van der Waals surface area (Å²) in [6.07, 6.45) is -3.00. The molecule has 6 rings (SSSR count). The van der Waals surface area contributed by atoms with Crippen LogP contribution in [0.5, 0.6) is 11.5 Å². The average Bonchev–Trinajstić information content (AvgIpc) is 3.56. The van der Waals surface area contributed by atoms with Crippen LogP contribution < -0.4 is 14.4 Å². The van der Waals surface area contributed by atoms with Crippen LogP contribution in [0.15, 0.2) is 41.8 Å². The Balaban J connectivity index is 1.19. The van der Waals surface area contributed by atoms with Crippen LogP contribution in [0.25, 0.3) is 11.3 Å². The van der Waals surface area contributed by atoms with Crippen molar-refractivity contribution in [3.63, 3.8) is 0 Å². The number of alkyl halides is 3. The van der Waals surface area contributed by atoms with Crippen LogP contribution in [-0.2, 0) is 22.7 Å². The molecule has 8 nitrogen and oxygen atoms in total. The molecule has 43 heavy (non-hydrogen) atoms. The summed E-state index contributed by atoms with van der Waals surface area (Å²) in [7, 11) is 0. The van der Waals surface area contributed by atoms with Crippen LogP contribution in [0.1, 0.15) is 29.5 Å². The lowest BCUT2D eigenvalue weighted by atomic mass is 9.85. The van der Waals surface area contributed by atoms with Crippen molar-refractivity contribution in [2.24, 2.45) is 17.8 Å². The molecule has 3 heterocycles. The minimum Gasteiger partial charge on any atom is -0.488 e. The number of aliphatic carboxylic acids is 1. The van der Waals surface area contributed by atoms with E-state index in [1.165, 1.54) is 17.4 Å². The minimum absolute atomic E-state index is 0.120. The molecule has 1 aromatic heterocycles. The number of rotatable bonds is 9. The van der Waals surface area contributed by atoms with Crippen LogP contribution in [0.2, 0.25) is 0 Å². The summed E-state index contributed by atoms with van der Waals surface area (Å²) >= 11 is 1.50. The predicted molar refractivity (Wildman–Crippen MR) is 155 cm³/mol. The van der Waals surface area contributed by atoms with Crippen molar-refractivity contribution < 1.29 is 37.3 Å². The van der Waals surface area contributed by atoms with Gasteiger partial charge in [-0.15, -0.1) is 24.5 Å². The van der Waals surface area contributed by atoms with Gasteiger partial charge in [0.2, 0.25) is 0 Å². The number of benzene rings is 2. The fourth-order valence-electron chi connectivity index (χ4n) is 6.49. The number of hydrogen-bond donors (Lipinski definition) is 1. The summed E-state index contributed by atoms with van der Waals surface area (Å²) in [6.45, 7) is 6.31. The van der Waals surface area contributed by atoms with Crippen molar-refractivity contribution in [2.45, 2.75) is 39.3 Å². The second-order valence-electron chi connectivity index (χ2n) is 11.5. The van der Waals surface area contributed by atoms with Crippen LogP contribution in [0, 0.1) is 24.7 Å². The summed E-state index contributed by atoms with van der Waals surface area (Å²) in [5.41, 5.74) is 3.44. The monoisotopic (exact) mass is 617 g/mol. The van der Waals surface area contributed by atoms with E-state index in [4.69, 9.17) is 14.5 Å². The first-order valence-electron chi connectivity index (χ1n) is 14.5. The number of ether oxygens (including phenoxy) is 3. The van der Waals surface area contributed by atoms with E-state index < -0.39 is 12.3 Å². The Morgan fingerprint density at radius 3 is 2.53 bits per heavy atom. The molecule has 3 atom stereocenters. The van der Waals surface area contributed by atoms with Crippen LogP contribution >= 0.6 is 11.3 Å². The van der Waals surface area contributed by atoms with Gasteiger partial charge >= 0.3 is 12.3 Å². The average molecular weight is 618 g/mol. The van der Waals surface area contributed by atoms with E-state index in [2.05, 4.69) is 14.5 Å². The number of thiazole rings is 1. The highest BCUT2D eigenvalue weighted by Crippen LogP contribution is 2.44. The topological polar surface area (TPSA) is 84.4 Å². The van der Waals surface area contributed by atoms with Crippen molar-refractivity contribution in [2.75, 3.05) is 44.3 Å². The molecule has 0 radical (unpaired) electrons. The Bertz CT molecular complexity index is 1440. The van der Waals surface area contributed by atoms with E-state index in [1.54, 1.807) is 18.2 Å². The van der Waals surface area contributed by atoms with Crippen molar-refractivity contribution in [1.29, 1.82) is 0 Å². The summed E-state index contributed by atoms with van der Waals surface area (Å²) in [5.74, 6) is -0.523. The van der Waals surface area contributed by atoms with Gasteiger partial charge in [0.05, 0.1) is 24.8 Å². The number of carboxylic acids is 1. The quantitative estimate of drug-likeness (QED) is 0.314. The molecule has 1 aliphatic carbocycles. The van der Waals surface area contributed by atoms with Crippen molar-refractivity contribution >= 4 is 22.4 Å². The number of nitrogens with zero attached hydrogens (tertiary/aromatic N) is 3. The number of anilines is 1. The molecule has 12 heteroatoms. The van der Waals surface area contributed by atoms with Gasteiger partial charge in [-0.05, 0) is 55.4 Å². The molecule has 2 saturated heterocycles. The predicted octanol–water partition coefficient (Wildman–Crippen LogP) is 5.98. The van der Waals surface area contributed by atoms with Gasteiger partial charge in [-0.1, -0.05) is 23.8 Å². The van der Waals surface area contributed by atoms with Crippen molar-refractivity contribution in [1.82, 2.24) is 9.88 Å². The van der Waals surface area contributed by atoms with Gasteiger partial charge < -0.3 is 24.2 Å². The van der Waals surface area contributed by atoms with Gasteiger partial charge in [0, 0.05) is 49.2 Å². The Hall–Kier alpha value is -3.35. The second kappa shape index (κ2) is 12.3. The molecule has 230 valence electrons. The number of carboxylic acid groups (broad SMARTS) is 1. The van der Waals surface area contributed by atoms with E-state index in [1.807, 2.05) is 24.4 Å². The zero-order valence-corrected chi connectivity index (χ0v) is 24.6. The highest BCUT2D eigenvalue weighted by atomic mass is 32.1. The number of fused-ring (bicyclic) bond motifs is 2. The summed E-state index contributed by atoms with van der Waals surface area (Å²) in [4.78, 5) is 21.0. The second-order valence-corrected chi connectivity index (χ2v) is 12.4. The van der Waals surface area contributed by atoms with Gasteiger partial charge in [0.25, 0.3) is 0 Å². The third-order valence-corrected chi connectivity index (χ3v) is 9.44. The molecule has 2 aliphatic heterocycles. The van der Waals surface area contributed by atoms with Crippen LogP contribution in [0.4, 0.5) is 18.3 Å². The summed E-state index contributed by atoms with van der Waals surface area (Å²) < 4.78 is 55.9. The molecule has 3 aliphatic rings. The van der Waals surface area contributed by atoms with E-state index in [-0.39, 0.29) is 35.7 Å². The first-order chi connectivity index (χ1) is 20.6. The number of piperidine rings is 1. The SMILES string of the molecule is Cc1ccc(OCc2ccc(CN3CCOCC3)cc2OC(F)(F)F)c(-c2csc(N3C[C@H]4CC[C@@H](C3)[C@H]4C(=O)O)n2)c1. The molecular formula is C31H34F3N3O5S. The number of halogens is 3. The molecule has 0 unspecified atom stereocenters. The fraction of sp³-hybridized carbons (Fsp3) is 0.484. The number of hydrogen-bond acceptors (Lipinski definition) is 8. The smallest absolute Gasteiger partial charge is 0.488 e. The lowest BCUT2D eigenvalue weighted by Crippen LogP contribution is -2.44. The molecule has 1 N–H and O–H groups in total. The fourth-order valence-corrected chi connectivity index (χ4v) is 7.34. The maximum absolute atomic E-state index is 13.3. The number of aryl methyl sites for hydroxylation is 1. The molecule has 2 bridgehead atoms. The van der Waals surface area contributed by atoms with Crippen molar-refractivity contribution in [3.8, 4) is 22.8 Å². The summed E-state index contributed by atoms with van der Waals surface area (Å²) in [6, 6.07) is 10.5. The number of aromatic nitrogens is 1. The summed E-state index contributed by atoms with van der Waals surface area (Å²) in [5, 5.41) is 12.4. The molecule has 3 fully saturated rings. The van der Waals surface area contributed by atoms with E-state index in [0.29, 0.717) is 44.3 Å². The molecular weight excluding hydrogens is 583 g/mol. The Labute approximate surface area is 252 Å². The Morgan fingerprint density at radius 1 is 1.09 bits per heavy atom. The van der Waals surface area contributed by atoms with Crippen LogP contribution in [-0.4, -0.2) is 66.7 Å². The maximum Gasteiger partial charge on any atom is 0.573 e. The molecule has 0 spiro atoms. The maximum atomic E-state index is 13.3. The molecule has 2 aromatic carbocycles. The van der Waals surface area contributed by atoms with Gasteiger partial charge in [-0.3, -0.25) is 9.69 Å². The van der Waals surface area contributed by atoms with Crippen molar-refractivity contribution in [3.05, 3.63) is 58.5 Å². The standard InChI is InChI=1S/C31H34F3N3O5S/c1-19-2-7-26(24(12-19)25-18-43-30(35-25)37-15-21-5-6-22(16-37)28(21)29(38)39)41-17-23-4-3-20(13-27(23)42-31(32,33)34)14-36-8-10-40-11-9-36/h2-4,7,12-13,18,21-22,28H,5-6,8-11,14-17H2,1H3,(H,38,39)/t21-,22+,28+. The van der Waals surface area contributed by atoms with Gasteiger partial charge in [0.15, 0.2) is 5.13 Å². The number of morpholine rings is 1. The molecule has 3 aromatic rings. The number of carbonyl (C=O) groups is 1. The lowest BCUT2D eigenvalue weighted by Gasteiger charge is -2.35. The van der Waals surface area contributed by atoms with E-state index >= 15 is 0 Å². The Kier molecular flexibility index (Phi) is 8.52. The normalized spacial score (nSPS) is 22.5. The first-order valence-corrected chi connectivity index (χ1v) is 15.4. The third-order valence-electron chi connectivity index (χ3n) is 8.54. The molecule has 1 saturated carbocycles.